The van der Waals surface area contributed by atoms with E-state index in [-0.39, 0.29) is 18.2 Å². The molecular formula is C33H33N3O4. The summed E-state index contributed by atoms with van der Waals surface area (Å²) in [6.45, 7) is 5.98. The molecule has 4 aromatic carbocycles. The van der Waals surface area contributed by atoms with Crippen LogP contribution in [0.2, 0.25) is 0 Å². The highest BCUT2D eigenvalue weighted by atomic mass is 16.7. The zero-order chi connectivity index (χ0) is 28.6. The lowest BCUT2D eigenvalue weighted by atomic mass is 9.82. The lowest BCUT2D eigenvalue weighted by Gasteiger charge is -2.27. The van der Waals surface area contributed by atoms with Crippen molar-refractivity contribution in [2.45, 2.75) is 38.3 Å². The van der Waals surface area contributed by atoms with Crippen LogP contribution < -0.4 is 10.6 Å². The third-order valence-electron chi connectivity index (χ3n) is 6.69. The van der Waals surface area contributed by atoms with E-state index in [1.165, 1.54) is 5.56 Å². The summed E-state index contributed by atoms with van der Waals surface area (Å²) >= 11 is 0. The van der Waals surface area contributed by atoms with Gasteiger partial charge < -0.3 is 20.6 Å². The van der Waals surface area contributed by atoms with Crippen molar-refractivity contribution in [3.8, 4) is 0 Å². The fourth-order valence-corrected chi connectivity index (χ4v) is 4.45. The summed E-state index contributed by atoms with van der Waals surface area (Å²) in [4.78, 5) is 28.8. The summed E-state index contributed by atoms with van der Waals surface area (Å²) in [7, 11) is 0. The Kier molecular flexibility index (Phi) is 8.64. The second-order valence-electron chi connectivity index (χ2n) is 10.1. The molecule has 0 spiro atoms. The van der Waals surface area contributed by atoms with Crippen molar-refractivity contribution in [3.05, 3.63) is 138 Å². The summed E-state index contributed by atoms with van der Waals surface area (Å²) in [5.74, 6) is -1.04. The summed E-state index contributed by atoms with van der Waals surface area (Å²) in [5.41, 5.74) is 3.58. The van der Waals surface area contributed by atoms with E-state index >= 15 is 0 Å². The molecule has 40 heavy (non-hydrogen) atoms. The van der Waals surface area contributed by atoms with Crippen molar-refractivity contribution in [2.24, 2.45) is 5.16 Å². The van der Waals surface area contributed by atoms with Crippen LogP contribution in [0.4, 0.5) is 10.5 Å². The molecular weight excluding hydrogens is 502 g/mol. The predicted molar refractivity (Wildman–Crippen MR) is 157 cm³/mol. The molecule has 0 atom stereocenters. The number of aryl methyl sites for hydroxylation is 1. The van der Waals surface area contributed by atoms with Crippen LogP contribution >= 0.6 is 0 Å². The molecule has 5 rings (SSSR count). The van der Waals surface area contributed by atoms with Crippen LogP contribution in [0.1, 0.15) is 42.5 Å². The Morgan fingerprint density at radius 2 is 1.30 bits per heavy atom. The molecule has 1 aliphatic heterocycles. The zero-order valence-electron chi connectivity index (χ0n) is 22.8. The van der Waals surface area contributed by atoms with Crippen molar-refractivity contribution in [1.82, 2.24) is 5.32 Å². The number of anilines is 1. The van der Waals surface area contributed by atoms with Gasteiger partial charge in [-0.2, -0.15) is 0 Å². The van der Waals surface area contributed by atoms with Crippen LogP contribution in [0.15, 0.2) is 120 Å². The van der Waals surface area contributed by atoms with E-state index in [1.54, 1.807) is 0 Å². The van der Waals surface area contributed by atoms with E-state index in [1.807, 2.05) is 136 Å². The average Bonchev–Trinajstić information content (AvgIpc) is 3.43. The largest absolute Gasteiger partial charge is 0.477 e. The number of rotatable bonds is 6. The summed E-state index contributed by atoms with van der Waals surface area (Å²) in [6, 6.07) is 36.6. The Bertz CT molecular complexity index is 1410. The molecule has 0 saturated carbocycles. The van der Waals surface area contributed by atoms with Gasteiger partial charge in [0.25, 0.3) is 0 Å². The smallest absolute Gasteiger partial charge is 0.353 e. The number of carboxylic acids is 1. The molecule has 3 N–H and O–H groups in total. The molecule has 0 fully saturated rings. The Hall–Kier alpha value is -4.91. The minimum absolute atomic E-state index is 0.0395. The summed E-state index contributed by atoms with van der Waals surface area (Å²) in [5, 5.41) is 18.7. The molecule has 0 radical (unpaired) electrons. The molecule has 0 bridgehead atoms. The Morgan fingerprint density at radius 1 is 0.800 bits per heavy atom. The monoisotopic (exact) mass is 535 g/mol. The number of carboxylic acid groups (broad SMARTS) is 1. The van der Waals surface area contributed by atoms with Gasteiger partial charge in [-0.15, -0.1) is 0 Å². The summed E-state index contributed by atoms with van der Waals surface area (Å²) < 4.78 is 0. The molecule has 0 aromatic heterocycles. The van der Waals surface area contributed by atoms with Gasteiger partial charge in [-0.25, -0.2) is 9.59 Å². The van der Waals surface area contributed by atoms with Gasteiger partial charge >= 0.3 is 12.0 Å². The number of hydrogen-bond acceptors (Lipinski definition) is 4. The van der Waals surface area contributed by atoms with Gasteiger partial charge in [0.1, 0.15) is 0 Å². The Labute approximate surface area is 234 Å². The number of carbonyl (C=O) groups excluding carboxylic acids is 1. The van der Waals surface area contributed by atoms with Gasteiger partial charge in [-0.05, 0) is 38.5 Å². The highest BCUT2D eigenvalue weighted by Crippen LogP contribution is 2.41. The fourth-order valence-electron chi connectivity index (χ4n) is 4.45. The number of hydrogen-bond donors (Lipinski definition) is 3. The molecule has 2 amide bonds. The van der Waals surface area contributed by atoms with Crippen molar-refractivity contribution in [1.29, 1.82) is 0 Å². The molecule has 1 aliphatic rings. The Morgan fingerprint density at radius 3 is 1.77 bits per heavy atom. The van der Waals surface area contributed by atoms with E-state index in [4.69, 9.17) is 9.94 Å². The predicted octanol–water partition coefficient (Wildman–Crippen LogP) is 6.84. The molecule has 1 heterocycles. The molecule has 7 nitrogen and oxygen atoms in total. The number of oxime groups is 1. The third kappa shape index (κ3) is 6.74. The van der Waals surface area contributed by atoms with E-state index in [0.717, 1.165) is 22.4 Å². The first-order valence-corrected chi connectivity index (χ1v) is 13.0. The van der Waals surface area contributed by atoms with Gasteiger partial charge in [0, 0.05) is 16.8 Å². The van der Waals surface area contributed by atoms with Crippen LogP contribution in [-0.2, 0) is 20.8 Å². The average molecular weight is 536 g/mol. The van der Waals surface area contributed by atoms with Crippen LogP contribution in [-0.4, -0.2) is 22.8 Å². The quantitative estimate of drug-likeness (QED) is 0.252. The number of amides is 2. The highest BCUT2D eigenvalue weighted by molar-refractivity contribution is 6.36. The normalized spacial score (nSPS) is 13.6. The van der Waals surface area contributed by atoms with E-state index in [9.17, 15) is 9.59 Å². The molecule has 204 valence electrons. The van der Waals surface area contributed by atoms with Crippen LogP contribution in [0.25, 0.3) is 0 Å². The van der Waals surface area contributed by atoms with E-state index < -0.39 is 17.1 Å². The second-order valence-corrected chi connectivity index (χ2v) is 10.1. The fraction of sp³-hybridized carbons (Fsp3) is 0.182. The second kappa shape index (κ2) is 12.3. The summed E-state index contributed by atoms with van der Waals surface area (Å²) in [6.07, 6.45) is 0.219. The van der Waals surface area contributed by atoms with E-state index in [0.29, 0.717) is 0 Å². The standard InChI is InChI=1S/C17H20N2O.C16H13NO3/c1-13-9-11-15(12-10-13)18-16(20)19-17(2,3)14-7-5-4-6-8-14;18-15(19)14-11-16(20-17-14,12-7-3-1-4-8-12)13-9-5-2-6-10-13/h4-12H,1-3H3,(H2,18,19,20);1-10H,11H2,(H,18,19). The number of urea groups is 1. The zero-order valence-corrected chi connectivity index (χ0v) is 22.8. The molecule has 0 aliphatic carbocycles. The molecule has 0 saturated heterocycles. The topological polar surface area (TPSA) is 100 Å². The molecule has 4 aromatic rings. The van der Waals surface area contributed by atoms with Gasteiger partial charge in [0.15, 0.2) is 11.3 Å². The maximum Gasteiger partial charge on any atom is 0.353 e. The first-order valence-electron chi connectivity index (χ1n) is 13.0. The lowest BCUT2D eigenvalue weighted by Crippen LogP contribution is -2.43. The molecule has 7 heteroatoms. The first-order chi connectivity index (χ1) is 19.2. The van der Waals surface area contributed by atoms with Crippen molar-refractivity contribution in [3.63, 3.8) is 0 Å². The number of nitrogens with one attached hydrogen (secondary N) is 2. The van der Waals surface area contributed by atoms with Gasteiger partial charge in [0.05, 0.1) is 12.0 Å². The number of benzene rings is 4. The first kappa shape index (κ1) is 28.1. The third-order valence-corrected chi connectivity index (χ3v) is 6.69. The Balaban J connectivity index is 0.000000185. The van der Waals surface area contributed by atoms with Crippen LogP contribution in [0.3, 0.4) is 0 Å². The minimum atomic E-state index is -1.04. The maximum absolute atomic E-state index is 12.1. The van der Waals surface area contributed by atoms with Crippen molar-refractivity contribution in [2.75, 3.05) is 5.32 Å². The van der Waals surface area contributed by atoms with Crippen molar-refractivity contribution >= 4 is 23.4 Å². The van der Waals surface area contributed by atoms with Crippen LogP contribution in [0, 0.1) is 6.92 Å². The number of aliphatic carboxylic acids is 1. The number of carbonyl (C=O) groups is 2. The highest BCUT2D eigenvalue weighted by Gasteiger charge is 2.44. The van der Waals surface area contributed by atoms with Crippen molar-refractivity contribution < 1.29 is 19.5 Å². The van der Waals surface area contributed by atoms with Crippen LogP contribution in [0.5, 0.6) is 0 Å². The minimum Gasteiger partial charge on any atom is -0.477 e. The molecule has 0 unspecified atom stereocenters. The number of nitrogens with zero attached hydrogens (tertiary/aromatic N) is 1. The lowest BCUT2D eigenvalue weighted by molar-refractivity contribution is -0.129. The SMILES string of the molecule is Cc1ccc(NC(=O)NC(C)(C)c2ccccc2)cc1.O=C(O)C1=NOC(c2ccccc2)(c2ccccc2)C1. The maximum atomic E-state index is 12.1. The van der Waals surface area contributed by atoms with E-state index in [2.05, 4.69) is 15.8 Å². The van der Waals surface area contributed by atoms with Gasteiger partial charge in [-0.1, -0.05) is 114 Å². The van der Waals surface area contributed by atoms with Gasteiger partial charge in [-0.3, -0.25) is 0 Å². The van der Waals surface area contributed by atoms with Gasteiger partial charge in [0.2, 0.25) is 0 Å².